The van der Waals surface area contributed by atoms with Gasteiger partial charge in [-0.25, -0.2) is 8.42 Å². The molecule has 0 saturated carbocycles. The molecule has 2 amide bonds. The van der Waals surface area contributed by atoms with E-state index in [4.69, 9.17) is 11.6 Å². The third-order valence-electron chi connectivity index (χ3n) is 6.78. The predicted octanol–water partition coefficient (Wildman–Crippen LogP) is 6.18. The van der Waals surface area contributed by atoms with Crippen LogP contribution in [0.5, 0.6) is 0 Å². The van der Waals surface area contributed by atoms with Crippen molar-refractivity contribution in [3.05, 3.63) is 94.0 Å². The summed E-state index contributed by atoms with van der Waals surface area (Å²) in [5.74, 6) is -0.780. The number of aryl methyl sites for hydroxylation is 3. The topological polar surface area (TPSA) is 86.8 Å². The number of nitrogens with one attached hydrogen (secondary N) is 1. The van der Waals surface area contributed by atoms with Crippen molar-refractivity contribution in [3.8, 4) is 0 Å². The molecule has 0 bridgehead atoms. The quantitative estimate of drug-likeness (QED) is 0.302. The van der Waals surface area contributed by atoms with Gasteiger partial charge in [-0.05, 0) is 101 Å². The van der Waals surface area contributed by atoms with Crippen LogP contribution in [0.4, 0.5) is 5.69 Å². The summed E-state index contributed by atoms with van der Waals surface area (Å²) in [6.45, 7) is 12.9. The number of hydrogen-bond donors (Lipinski definition) is 1. The van der Waals surface area contributed by atoms with Gasteiger partial charge in [-0.2, -0.15) is 0 Å². The van der Waals surface area contributed by atoms with E-state index >= 15 is 0 Å². The maximum Gasteiger partial charge on any atom is 0.264 e. The van der Waals surface area contributed by atoms with E-state index in [2.05, 4.69) is 5.32 Å². The van der Waals surface area contributed by atoms with E-state index in [1.54, 1.807) is 12.1 Å². The molecule has 0 fully saturated rings. The van der Waals surface area contributed by atoms with Crippen LogP contribution in [0.3, 0.4) is 0 Å². The highest BCUT2D eigenvalue weighted by Crippen LogP contribution is 2.27. The van der Waals surface area contributed by atoms with Crippen molar-refractivity contribution in [2.75, 3.05) is 10.8 Å². The molecule has 41 heavy (non-hydrogen) atoms. The molecule has 3 aromatic rings. The van der Waals surface area contributed by atoms with Gasteiger partial charge >= 0.3 is 0 Å². The molecule has 0 saturated heterocycles. The number of anilines is 1. The van der Waals surface area contributed by atoms with Crippen LogP contribution in [0.25, 0.3) is 0 Å². The Hall–Kier alpha value is -3.36. The third kappa shape index (κ3) is 8.33. The van der Waals surface area contributed by atoms with Gasteiger partial charge < -0.3 is 10.2 Å². The Bertz CT molecular complexity index is 1500. The number of amides is 2. The fraction of sp³-hybridized carbons (Fsp3) is 0.375. The molecule has 1 N–H and O–H groups in total. The first-order valence-corrected chi connectivity index (χ1v) is 15.5. The summed E-state index contributed by atoms with van der Waals surface area (Å²) in [4.78, 5) is 29.1. The van der Waals surface area contributed by atoms with Gasteiger partial charge in [0, 0.05) is 17.1 Å². The summed E-state index contributed by atoms with van der Waals surface area (Å²) in [5, 5.41) is 3.39. The number of rotatable bonds is 10. The van der Waals surface area contributed by atoms with Gasteiger partial charge in [0.1, 0.15) is 12.6 Å². The average Bonchev–Trinajstić information content (AvgIpc) is 2.88. The first kappa shape index (κ1) is 32.2. The fourth-order valence-electron chi connectivity index (χ4n) is 4.52. The number of carbonyl (C=O) groups is 2. The maximum absolute atomic E-state index is 14.2. The molecule has 0 heterocycles. The summed E-state index contributed by atoms with van der Waals surface area (Å²) >= 11 is 6.03. The normalized spacial score (nSPS) is 12.5. The van der Waals surface area contributed by atoms with Gasteiger partial charge in [-0.15, -0.1) is 0 Å². The molecule has 3 rings (SSSR count). The molecule has 0 aliphatic heterocycles. The molecule has 7 nitrogen and oxygen atoms in total. The zero-order valence-electron chi connectivity index (χ0n) is 24.9. The van der Waals surface area contributed by atoms with E-state index < -0.39 is 34.1 Å². The van der Waals surface area contributed by atoms with Gasteiger partial charge in [0.05, 0.1) is 10.6 Å². The van der Waals surface area contributed by atoms with Crippen LogP contribution in [0.2, 0.25) is 5.02 Å². The van der Waals surface area contributed by atoms with Crippen LogP contribution in [-0.4, -0.2) is 43.3 Å². The highest BCUT2D eigenvalue weighted by atomic mass is 35.5. The molecule has 0 aliphatic carbocycles. The van der Waals surface area contributed by atoms with E-state index in [0.717, 1.165) is 26.6 Å². The molecule has 9 heteroatoms. The second-order valence-electron chi connectivity index (χ2n) is 11.4. The second-order valence-corrected chi connectivity index (χ2v) is 13.7. The highest BCUT2D eigenvalue weighted by Gasteiger charge is 2.34. The fourth-order valence-corrected chi connectivity index (χ4v) is 6.05. The monoisotopic (exact) mass is 597 g/mol. The van der Waals surface area contributed by atoms with Crippen LogP contribution in [0.1, 0.15) is 56.4 Å². The van der Waals surface area contributed by atoms with E-state index in [1.807, 2.05) is 78.8 Å². The lowest BCUT2D eigenvalue weighted by molar-refractivity contribution is -0.141. The lowest BCUT2D eigenvalue weighted by Crippen LogP contribution is -2.55. The SMILES string of the molecule is CC[C@@H](C(=O)NC(C)(C)C)N(Cc1cccc(C)c1)C(=O)CN(c1ccc(C)c(C)c1)S(=O)(=O)c1ccc(Cl)cc1. The first-order valence-electron chi connectivity index (χ1n) is 13.6. The molecule has 220 valence electrons. The third-order valence-corrected chi connectivity index (χ3v) is 8.82. The number of benzene rings is 3. The maximum atomic E-state index is 14.2. The molecular formula is C32H40ClN3O4S. The zero-order valence-corrected chi connectivity index (χ0v) is 26.4. The standard InChI is InChI=1S/C32H40ClN3O4S/c1-8-29(31(38)34-32(5,6)7)35(20-25-11-9-10-22(2)18-25)30(37)21-36(27-15-12-23(3)24(4)19-27)41(39,40)28-16-13-26(33)14-17-28/h9-19,29H,8,20-21H2,1-7H3,(H,34,38)/t29-/m0/s1. The molecule has 0 aliphatic rings. The van der Waals surface area contributed by atoms with Gasteiger partial charge in [0.2, 0.25) is 11.8 Å². The zero-order chi connectivity index (χ0) is 30.5. The van der Waals surface area contributed by atoms with Crippen molar-refractivity contribution < 1.29 is 18.0 Å². The van der Waals surface area contributed by atoms with Gasteiger partial charge in [-0.1, -0.05) is 54.4 Å². The van der Waals surface area contributed by atoms with E-state index in [1.165, 1.54) is 29.2 Å². The van der Waals surface area contributed by atoms with Crippen LogP contribution in [-0.2, 0) is 26.2 Å². The minimum atomic E-state index is -4.16. The number of hydrogen-bond acceptors (Lipinski definition) is 4. The Morgan fingerprint density at radius 1 is 0.927 bits per heavy atom. The van der Waals surface area contributed by atoms with Crippen molar-refractivity contribution in [1.29, 1.82) is 0 Å². The number of sulfonamides is 1. The van der Waals surface area contributed by atoms with Crippen LogP contribution >= 0.6 is 11.6 Å². The summed E-state index contributed by atoms with van der Waals surface area (Å²) in [6.07, 6.45) is 0.354. The van der Waals surface area contributed by atoms with E-state index in [-0.39, 0.29) is 17.3 Å². The van der Waals surface area contributed by atoms with Crippen LogP contribution in [0.15, 0.2) is 71.6 Å². The highest BCUT2D eigenvalue weighted by molar-refractivity contribution is 7.92. The smallest absolute Gasteiger partial charge is 0.264 e. The number of nitrogens with zero attached hydrogens (tertiary/aromatic N) is 2. The average molecular weight is 598 g/mol. The molecule has 0 unspecified atom stereocenters. The summed E-state index contributed by atoms with van der Waals surface area (Å²) in [7, 11) is -4.16. The molecule has 1 atom stereocenters. The summed E-state index contributed by atoms with van der Waals surface area (Å²) in [5.41, 5.74) is 3.60. The summed E-state index contributed by atoms with van der Waals surface area (Å²) in [6, 6.07) is 18.0. The lowest BCUT2D eigenvalue weighted by Gasteiger charge is -2.35. The minimum Gasteiger partial charge on any atom is -0.350 e. The van der Waals surface area contributed by atoms with Gasteiger partial charge in [0.25, 0.3) is 10.0 Å². The Morgan fingerprint density at radius 2 is 1.59 bits per heavy atom. The lowest BCUT2D eigenvalue weighted by atomic mass is 10.0. The van der Waals surface area contributed by atoms with E-state index in [9.17, 15) is 18.0 Å². The molecular weight excluding hydrogens is 558 g/mol. The Labute approximate surface area is 249 Å². The Morgan fingerprint density at radius 3 is 2.15 bits per heavy atom. The first-order chi connectivity index (χ1) is 19.1. The van der Waals surface area contributed by atoms with Crippen molar-refractivity contribution in [2.45, 2.75) is 77.9 Å². The summed E-state index contributed by atoms with van der Waals surface area (Å²) < 4.78 is 29.1. The molecule has 0 spiro atoms. The predicted molar refractivity (Wildman–Crippen MR) is 166 cm³/mol. The largest absolute Gasteiger partial charge is 0.350 e. The molecule has 0 radical (unpaired) electrons. The minimum absolute atomic E-state index is 0.00989. The Balaban J connectivity index is 2.10. The van der Waals surface area contributed by atoms with Gasteiger partial charge in [-0.3, -0.25) is 13.9 Å². The number of carbonyl (C=O) groups excluding carboxylic acids is 2. The van der Waals surface area contributed by atoms with Crippen molar-refractivity contribution >= 4 is 39.1 Å². The van der Waals surface area contributed by atoms with Crippen molar-refractivity contribution in [1.82, 2.24) is 10.2 Å². The van der Waals surface area contributed by atoms with Crippen molar-refractivity contribution in [3.63, 3.8) is 0 Å². The number of halogens is 1. The van der Waals surface area contributed by atoms with Crippen molar-refractivity contribution in [2.24, 2.45) is 0 Å². The Kier molecular flexibility index (Phi) is 10.3. The molecule has 0 aromatic heterocycles. The molecule has 3 aromatic carbocycles. The van der Waals surface area contributed by atoms with Crippen LogP contribution < -0.4 is 9.62 Å². The van der Waals surface area contributed by atoms with E-state index in [0.29, 0.717) is 17.1 Å². The van der Waals surface area contributed by atoms with Crippen LogP contribution in [0, 0.1) is 20.8 Å². The second kappa shape index (κ2) is 13.1. The van der Waals surface area contributed by atoms with Gasteiger partial charge in [0.15, 0.2) is 0 Å².